The molecule has 5 rings (SSSR count). The summed E-state index contributed by atoms with van der Waals surface area (Å²) >= 11 is 0. The molecule has 2 aliphatic heterocycles. The number of aromatic nitrogens is 2. The Morgan fingerprint density at radius 1 is 1.10 bits per heavy atom. The van der Waals surface area contributed by atoms with Crippen molar-refractivity contribution in [2.45, 2.75) is 6.42 Å². The molecule has 0 bridgehead atoms. The topological polar surface area (TPSA) is 111 Å². The first-order valence-corrected chi connectivity index (χ1v) is 9.27. The van der Waals surface area contributed by atoms with E-state index in [-0.39, 0.29) is 11.7 Å². The van der Waals surface area contributed by atoms with Gasteiger partial charge in [-0.15, -0.1) is 4.68 Å². The molecular formula is C20H17N5O4. The average molecular weight is 391 g/mol. The van der Waals surface area contributed by atoms with Crippen LogP contribution in [0.1, 0.15) is 15.9 Å². The van der Waals surface area contributed by atoms with Gasteiger partial charge in [-0.25, -0.2) is 0 Å². The molecule has 29 heavy (non-hydrogen) atoms. The monoisotopic (exact) mass is 391 g/mol. The van der Waals surface area contributed by atoms with Crippen LogP contribution in [0.5, 0.6) is 5.75 Å². The Hall–Kier alpha value is -3.88. The van der Waals surface area contributed by atoms with Crippen LogP contribution in [0.25, 0.3) is 16.8 Å². The number of hydrogen-bond donors (Lipinski definition) is 2. The lowest BCUT2D eigenvalue weighted by atomic mass is 9.96. The van der Waals surface area contributed by atoms with Gasteiger partial charge in [0, 0.05) is 18.7 Å². The Bertz CT molecular complexity index is 1150. The molecular weight excluding hydrogens is 374 g/mol. The van der Waals surface area contributed by atoms with Crippen molar-refractivity contribution >= 4 is 17.4 Å². The Labute approximate surface area is 165 Å². The molecule has 146 valence electrons. The van der Waals surface area contributed by atoms with E-state index in [0.29, 0.717) is 48.5 Å². The van der Waals surface area contributed by atoms with Crippen molar-refractivity contribution in [3.05, 3.63) is 63.8 Å². The van der Waals surface area contributed by atoms with E-state index in [2.05, 4.69) is 15.7 Å². The standard InChI is InChI=1S/C20H17N5O4/c26-20-15-3-1-12(9-13(15)5-6-22-20)16-11-24(23-19(16)25(27)28)14-2-4-18-17(10-14)21-7-8-29-18/h1-4,9-11,21H,5-8H2,(H,22,26). The number of anilines is 1. The minimum atomic E-state index is -0.488. The summed E-state index contributed by atoms with van der Waals surface area (Å²) in [4.78, 5) is 23.1. The Morgan fingerprint density at radius 3 is 2.86 bits per heavy atom. The molecule has 0 aliphatic carbocycles. The molecule has 0 spiro atoms. The molecule has 0 unspecified atom stereocenters. The van der Waals surface area contributed by atoms with E-state index in [1.807, 2.05) is 24.3 Å². The van der Waals surface area contributed by atoms with Crippen LogP contribution in [-0.2, 0) is 6.42 Å². The molecule has 9 heteroatoms. The molecule has 9 nitrogen and oxygen atoms in total. The number of nitrogens with one attached hydrogen (secondary N) is 2. The first-order chi connectivity index (χ1) is 14.1. The third-order valence-electron chi connectivity index (χ3n) is 5.11. The number of amides is 1. The highest BCUT2D eigenvalue weighted by Gasteiger charge is 2.25. The van der Waals surface area contributed by atoms with Gasteiger partial charge in [0.2, 0.25) is 0 Å². The van der Waals surface area contributed by atoms with Gasteiger partial charge in [-0.1, -0.05) is 6.07 Å². The van der Waals surface area contributed by atoms with Crippen LogP contribution in [0.2, 0.25) is 0 Å². The summed E-state index contributed by atoms with van der Waals surface area (Å²) in [6.45, 7) is 1.85. The molecule has 0 atom stereocenters. The molecule has 0 saturated heterocycles. The quantitative estimate of drug-likeness (QED) is 0.524. The number of nitrogens with zero attached hydrogens (tertiary/aromatic N) is 3. The fourth-order valence-electron chi connectivity index (χ4n) is 3.70. The van der Waals surface area contributed by atoms with Crippen molar-refractivity contribution in [1.29, 1.82) is 0 Å². The molecule has 0 fully saturated rings. The average Bonchev–Trinajstić information content (AvgIpc) is 3.19. The Balaban J connectivity index is 1.59. The second kappa shape index (κ2) is 6.62. The molecule has 0 saturated carbocycles. The van der Waals surface area contributed by atoms with E-state index in [9.17, 15) is 14.9 Å². The lowest BCUT2D eigenvalue weighted by molar-refractivity contribution is -0.389. The van der Waals surface area contributed by atoms with E-state index in [4.69, 9.17) is 4.74 Å². The van der Waals surface area contributed by atoms with Gasteiger partial charge in [0.1, 0.15) is 17.9 Å². The van der Waals surface area contributed by atoms with Crippen molar-refractivity contribution in [3.63, 3.8) is 0 Å². The lowest BCUT2D eigenvalue weighted by Gasteiger charge is -2.19. The zero-order chi connectivity index (χ0) is 20.0. The number of nitro groups is 1. The van der Waals surface area contributed by atoms with E-state index in [1.165, 1.54) is 4.68 Å². The summed E-state index contributed by atoms with van der Waals surface area (Å²) < 4.78 is 7.08. The second-order valence-corrected chi connectivity index (χ2v) is 6.90. The summed E-state index contributed by atoms with van der Waals surface area (Å²) in [7, 11) is 0. The van der Waals surface area contributed by atoms with Crippen LogP contribution >= 0.6 is 0 Å². The van der Waals surface area contributed by atoms with E-state index < -0.39 is 4.92 Å². The van der Waals surface area contributed by atoms with E-state index in [1.54, 1.807) is 18.3 Å². The minimum absolute atomic E-state index is 0.119. The van der Waals surface area contributed by atoms with Gasteiger partial charge in [0.25, 0.3) is 5.91 Å². The summed E-state index contributed by atoms with van der Waals surface area (Å²) in [5.41, 5.74) is 4.07. The maximum Gasteiger partial charge on any atom is 0.398 e. The SMILES string of the molecule is O=C1NCCc2cc(-c3cn(-c4ccc5c(c4)NCCO5)nc3[N+](=O)[O-])ccc21. The summed E-state index contributed by atoms with van der Waals surface area (Å²) in [5, 5.41) is 21.9. The first kappa shape index (κ1) is 17.2. The van der Waals surface area contributed by atoms with Crippen molar-refractivity contribution < 1.29 is 14.5 Å². The number of hydrogen-bond acceptors (Lipinski definition) is 6. The van der Waals surface area contributed by atoms with Crippen LogP contribution in [0, 0.1) is 10.1 Å². The van der Waals surface area contributed by atoms with Crippen LogP contribution < -0.4 is 15.4 Å². The molecule has 1 amide bonds. The molecule has 3 heterocycles. The van der Waals surface area contributed by atoms with Crippen LogP contribution in [-0.4, -0.2) is 40.3 Å². The van der Waals surface area contributed by atoms with Crippen molar-refractivity contribution in [2.75, 3.05) is 25.0 Å². The van der Waals surface area contributed by atoms with Gasteiger partial charge in [-0.3, -0.25) is 4.79 Å². The molecule has 2 N–H and O–H groups in total. The largest absolute Gasteiger partial charge is 0.490 e. The van der Waals surface area contributed by atoms with Gasteiger partial charge in [-0.2, -0.15) is 0 Å². The van der Waals surface area contributed by atoms with E-state index in [0.717, 1.165) is 17.0 Å². The van der Waals surface area contributed by atoms with Gasteiger partial charge in [0.15, 0.2) is 0 Å². The minimum Gasteiger partial charge on any atom is -0.490 e. The second-order valence-electron chi connectivity index (χ2n) is 6.90. The number of rotatable bonds is 3. The summed E-state index contributed by atoms with van der Waals surface area (Å²) in [5.74, 6) is 0.397. The van der Waals surface area contributed by atoms with Gasteiger partial charge >= 0.3 is 5.82 Å². The number of ether oxygens (including phenoxy) is 1. The van der Waals surface area contributed by atoms with Gasteiger partial charge in [0.05, 0.1) is 22.7 Å². The van der Waals surface area contributed by atoms with Gasteiger partial charge in [-0.05, 0) is 52.8 Å². The van der Waals surface area contributed by atoms with Crippen molar-refractivity contribution in [2.24, 2.45) is 0 Å². The summed E-state index contributed by atoms with van der Waals surface area (Å²) in [6.07, 6.45) is 2.33. The molecule has 2 aliphatic rings. The van der Waals surface area contributed by atoms with Crippen LogP contribution in [0.3, 0.4) is 0 Å². The summed E-state index contributed by atoms with van der Waals surface area (Å²) in [6, 6.07) is 10.8. The number of benzene rings is 2. The maximum atomic E-state index is 12.0. The third kappa shape index (κ3) is 2.96. The fourth-order valence-corrected chi connectivity index (χ4v) is 3.70. The van der Waals surface area contributed by atoms with Crippen molar-refractivity contribution in [1.82, 2.24) is 15.1 Å². The highest BCUT2D eigenvalue weighted by molar-refractivity contribution is 5.97. The zero-order valence-corrected chi connectivity index (χ0v) is 15.3. The normalized spacial score (nSPS) is 14.8. The molecule has 0 radical (unpaired) electrons. The van der Waals surface area contributed by atoms with Crippen molar-refractivity contribution in [3.8, 4) is 22.6 Å². The lowest BCUT2D eigenvalue weighted by Crippen LogP contribution is -2.31. The van der Waals surface area contributed by atoms with E-state index >= 15 is 0 Å². The molecule has 3 aromatic rings. The first-order valence-electron chi connectivity index (χ1n) is 9.27. The number of carbonyl (C=O) groups excluding carboxylic acids is 1. The molecule has 1 aromatic heterocycles. The maximum absolute atomic E-state index is 12.0. The predicted molar refractivity (Wildman–Crippen MR) is 106 cm³/mol. The fraction of sp³-hybridized carbons (Fsp3) is 0.200. The Morgan fingerprint density at radius 2 is 2.00 bits per heavy atom. The number of fused-ring (bicyclic) bond motifs is 2. The van der Waals surface area contributed by atoms with Crippen LogP contribution in [0.4, 0.5) is 11.5 Å². The molecule has 2 aromatic carbocycles. The highest BCUT2D eigenvalue weighted by Crippen LogP contribution is 2.34. The highest BCUT2D eigenvalue weighted by atomic mass is 16.6. The van der Waals surface area contributed by atoms with Crippen LogP contribution in [0.15, 0.2) is 42.6 Å². The Kier molecular flexibility index (Phi) is 3.94. The number of carbonyl (C=O) groups is 1. The van der Waals surface area contributed by atoms with Gasteiger partial charge < -0.3 is 25.5 Å². The smallest absolute Gasteiger partial charge is 0.398 e. The third-order valence-corrected chi connectivity index (χ3v) is 5.11. The predicted octanol–water partition coefficient (Wildman–Crippen LogP) is 2.54. The zero-order valence-electron chi connectivity index (χ0n) is 15.3.